The molecule has 1 saturated carbocycles. The molecule has 1 rings (SSSR count). The standard InChI is InChI=1S/C13H25N/c1-9(2)11-5-7-12(8-6-11)13(14)10(3)4/h9,11-13H,3,5-8,14H2,1-2,4H3. The Labute approximate surface area is 88.8 Å². The van der Waals surface area contributed by atoms with Gasteiger partial charge in [-0.25, -0.2) is 0 Å². The lowest BCUT2D eigenvalue weighted by molar-refractivity contribution is 0.212. The van der Waals surface area contributed by atoms with Crippen LogP contribution in [-0.2, 0) is 0 Å². The minimum atomic E-state index is 0.239. The van der Waals surface area contributed by atoms with Crippen LogP contribution in [0.3, 0.4) is 0 Å². The highest BCUT2D eigenvalue weighted by Gasteiger charge is 2.26. The van der Waals surface area contributed by atoms with Gasteiger partial charge >= 0.3 is 0 Å². The average Bonchev–Trinajstić information content (AvgIpc) is 2.16. The largest absolute Gasteiger partial charge is 0.324 e. The van der Waals surface area contributed by atoms with Gasteiger partial charge in [-0.1, -0.05) is 26.0 Å². The topological polar surface area (TPSA) is 26.0 Å². The minimum Gasteiger partial charge on any atom is -0.324 e. The number of rotatable bonds is 3. The lowest BCUT2D eigenvalue weighted by Gasteiger charge is -2.34. The summed E-state index contributed by atoms with van der Waals surface area (Å²) in [4.78, 5) is 0. The van der Waals surface area contributed by atoms with Crippen molar-refractivity contribution in [2.24, 2.45) is 23.5 Å². The third-order valence-electron chi connectivity index (χ3n) is 3.84. The first-order chi connectivity index (χ1) is 6.52. The zero-order valence-corrected chi connectivity index (χ0v) is 9.92. The Morgan fingerprint density at radius 3 is 1.93 bits per heavy atom. The highest BCUT2D eigenvalue weighted by Crippen LogP contribution is 2.35. The Hall–Kier alpha value is -0.300. The second-order valence-corrected chi connectivity index (χ2v) is 5.29. The molecule has 1 nitrogen and oxygen atoms in total. The smallest absolute Gasteiger partial charge is 0.0276 e. The Bertz CT molecular complexity index is 187. The molecule has 0 amide bonds. The molecule has 0 radical (unpaired) electrons. The molecule has 1 atom stereocenters. The quantitative estimate of drug-likeness (QED) is 0.687. The molecule has 14 heavy (non-hydrogen) atoms. The summed E-state index contributed by atoms with van der Waals surface area (Å²) in [6.07, 6.45) is 5.33. The van der Waals surface area contributed by atoms with Gasteiger partial charge in [-0.3, -0.25) is 0 Å². The summed E-state index contributed by atoms with van der Waals surface area (Å²) in [5.41, 5.74) is 7.26. The molecule has 0 heterocycles. The zero-order chi connectivity index (χ0) is 10.7. The van der Waals surface area contributed by atoms with Crippen molar-refractivity contribution in [3.63, 3.8) is 0 Å². The summed E-state index contributed by atoms with van der Waals surface area (Å²) < 4.78 is 0. The van der Waals surface area contributed by atoms with Crippen LogP contribution >= 0.6 is 0 Å². The lowest BCUT2D eigenvalue weighted by Crippen LogP contribution is -2.34. The number of nitrogens with two attached hydrogens (primary N) is 1. The summed E-state index contributed by atoms with van der Waals surface area (Å²) in [6, 6.07) is 0.239. The van der Waals surface area contributed by atoms with Crippen LogP contribution < -0.4 is 5.73 Å². The molecule has 0 aromatic rings. The number of hydrogen-bond donors (Lipinski definition) is 1. The van der Waals surface area contributed by atoms with Crippen LogP contribution in [-0.4, -0.2) is 6.04 Å². The number of hydrogen-bond acceptors (Lipinski definition) is 1. The maximum Gasteiger partial charge on any atom is 0.0276 e. The first-order valence-corrected chi connectivity index (χ1v) is 5.93. The fourth-order valence-corrected chi connectivity index (χ4v) is 2.57. The van der Waals surface area contributed by atoms with Crippen LogP contribution in [0.2, 0.25) is 0 Å². The van der Waals surface area contributed by atoms with E-state index in [1.54, 1.807) is 0 Å². The molecule has 1 unspecified atom stereocenters. The maximum absolute atomic E-state index is 6.11. The minimum absolute atomic E-state index is 0.239. The van der Waals surface area contributed by atoms with Crippen molar-refractivity contribution >= 4 is 0 Å². The normalized spacial score (nSPS) is 30.4. The summed E-state index contributed by atoms with van der Waals surface area (Å²) >= 11 is 0. The second-order valence-electron chi connectivity index (χ2n) is 5.29. The van der Waals surface area contributed by atoms with E-state index in [1.165, 1.54) is 25.7 Å². The van der Waals surface area contributed by atoms with Crippen LogP contribution in [0.25, 0.3) is 0 Å². The first kappa shape index (κ1) is 11.8. The summed E-state index contributed by atoms with van der Waals surface area (Å²) in [6.45, 7) is 10.7. The van der Waals surface area contributed by atoms with Gasteiger partial charge in [-0.15, -0.1) is 0 Å². The van der Waals surface area contributed by atoms with Crippen molar-refractivity contribution in [3.05, 3.63) is 12.2 Å². The van der Waals surface area contributed by atoms with Gasteiger partial charge in [0.2, 0.25) is 0 Å². The van der Waals surface area contributed by atoms with Gasteiger partial charge in [0.1, 0.15) is 0 Å². The molecule has 0 aromatic heterocycles. The third-order valence-corrected chi connectivity index (χ3v) is 3.84. The van der Waals surface area contributed by atoms with E-state index in [9.17, 15) is 0 Å². The maximum atomic E-state index is 6.11. The van der Waals surface area contributed by atoms with Gasteiger partial charge in [0.15, 0.2) is 0 Å². The fraction of sp³-hybridized carbons (Fsp3) is 0.846. The van der Waals surface area contributed by atoms with E-state index in [4.69, 9.17) is 5.73 Å². The molecule has 2 N–H and O–H groups in total. The SMILES string of the molecule is C=C(C)C(N)C1CCC(C(C)C)CC1. The van der Waals surface area contributed by atoms with Crippen molar-refractivity contribution in [3.8, 4) is 0 Å². The van der Waals surface area contributed by atoms with Crippen LogP contribution in [0.5, 0.6) is 0 Å². The fourth-order valence-electron chi connectivity index (χ4n) is 2.57. The van der Waals surface area contributed by atoms with Crippen molar-refractivity contribution in [1.29, 1.82) is 0 Å². The molecule has 1 heteroatoms. The van der Waals surface area contributed by atoms with E-state index in [1.807, 2.05) is 0 Å². The summed E-state index contributed by atoms with van der Waals surface area (Å²) in [5.74, 6) is 2.48. The van der Waals surface area contributed by atoms with Crippen molar-refractivity contribution < 1.29 is 0 Å². The average molecular weight is 195 g/mol. The molecule has 1 aliphatic rings. The van der Waals surface area contributed by atoms with Crippen LogP contribution in [0.15, 0.2) is 12.2 Å². The zero-order valence-electron chi connectivity index (χ0n) is 9.92. The van der Waals surface area contributed by atoms with Gasteiger partial charge in [0.25, 0.3) is 0 Å². The first-order valence-electron chi connectivity index (χ1n) is 5.93. The van der Waals surface area contributed by atoms with Gasteiger partial charge in [0, 0.05) is 6.04 Å². The highest BCUT2D eigenvalue weighted by molar-refractivity contribution is 5.03. The molecule has 1 aliphatic carbocycles. The molecule has 0 aromatic carbocycles. The summed E-state index contributed by atoms with van der Waals surface area (Å²) in [7, 11) is 0. The van der Waals surface area contributed by atoms with Crippen molar-refractivity contribution in [2.45, 2.75) is 52.5 Å². The molecular formula is C13H25N. The highest BCUT2D eigenvalue weighted by atomic mass is 14.7. The molecule has 0 bridgehead atoms. The van der Waals surface area contributed by atoms with Crippen molar-refractivity contribution in [1.82, 2.24) is 0 Å². The van der Waals surface area contributed by atoms with Gasteiger partial charge in [-0.2, -0.15) is 0 Å². The van der Waals surface area contributed by atoms with E-state index < -0.39 is 0 Å². The Balaban J connectivity index is 2.39. The monoisotopic (exact) mass is 195 g/mol. The molecule has 0 aliphatic heterocycles. The van der Waals surface area contributed by atoms with Crippen LogP contribution in [0, 0.1) is 17.8 Å². The second kappa shape index (κ2) is 4.97. The molecule has 0 saturated heterocycles. The molecule has 0 spiro atoms. The predicted octanol–water partition coefficient (Wildman–Crippen LogP) is 3.35. The van der Waals surface area contributed by atoms with E-state index in [0.717, 1.165) is 17.4 Å². The Morgan fingerprint density at radius 1 is 1.14 bits per heavy atom. The van der Waals surface area contributed by atoms with Crippen LogP contribution in [0.4, 0.5) is 0 Å². The predicted molar refractivity (Wildman–Crippen MR) is 63.1 cm³/mol. The lowest BCUT2D eigenvalue weighted by atomic mass is 9.74. The third kappa shape index (κ3) is 2.84. The van der Waals surface area contributed by atoms with E-state index in [2.05, 4.69) is 27.4 Å². The van der Waals surface area contributed by atoms with E-state index in [-0.39, 0.29) is 6.04 Å². The Kier molecular flexibility index (Phi) is 4.18. The van der Waals surface area contributed by atoms with Gasteiger partial charge < -0.3 is 5.73 Å². The van der Waals surface area contributed by atoms with Gasteiger partial charge in [-0.05, 0) is 50.4 Å². The molecule has 82 valence electrons. The van der Waals surface area contributed by atoms with E-state index >= 15 is 0 Å². The van der Waals surface area contributed by atoms with Crippen LogP contribution in [0.1, 0.15) is 46.5 Å². The molecular weight excluding hydrogens is 170 g/mol. The van der Waals surface area contributed by atoms with E-state index in [0.29, 0.717) is 5.92 Å². The molecule has 1 fully saturated rings. The summed E-state index contributed by atoms with van der Waals surface area (Å²) in [5, 5.41) is 0. The van der Waals surface area contributed by atoms with Crippen molar-refractivity contribution in [2.75, 3.05) is 0 Å². The van der Waals surface area contributed by atoms with Gasteiger partial charge in [0.05, 0.1) is 0 Å². The Morgan fingerprint density at radius 2 is 1.57 bits per heavy atom.